The highest BCUT2D eigenvalue weighted by atomic mass is 16.5. The van der Waals surface area contributed by atoms with Gasteiger partial charge in [0.25, 0.3) is 0 Å². The number of ether oxygens (including phenoxy) is 1. The van der Waals surface area contributed by atoms with Crippen LogP contribution in [-0.4, -0.2) is 24.1 Å². The average Bonchev–Trinajstić information content (AvgIpc) is 2.41. The van der Waals surface area contributed by atoms with Gasteiger partial charge in [-0.1, -0.05) is 0 Å². The van der Waals surface area contributed by atoms with Crippen molar-refractivity contribution in [1.82, 2.24) is 4.98 Å². The Bertz CT molecular complexity index is 412. The van der Waals surface area contributed by atoms with Crippen molar-refractivity contribution in [3.05, 3.63) is 24.0 Å². The second kappa shape index (κ2) is 5.85. The van der Waals surface area contributed by atoms with Crippen LogP contribution in [0.5, 0.6) is 0 Å². The fourth-order valence-electron chi connectivity index (χ4n) is 2.50. The molecule has 0 amide bonds. The van der Waals surface area contributed by atoms with Crippen molar-refractivity contribution in [2.75, 3.05) is 12.4 Å². The summed E-state index contributed by atoms with van der Waals surface area (Å²) in [6, 6.07) is 2.45. The first-order valence-electron chi connectivity index (χ1n) is 6.45. The lowest BCUT2D eigenvalue weighted by Crippen LogP contribution is -2.30. The minimum Gasteiger partial charge on any atom is -0.469 e. The first-order chi connectivity index (χ1) is 8.70. The maximum absolute atomic E-state index is 11.4. The zero-order chi connectivity index (χ0) is 13.0. The van der Waals surface area contributed by atoms with Gasteiger partial charge in [0.05, 0.1) is 13.0 Å². The first kappa shape index (κ1) is 12.9. The van der Waals surface area contributed by atoms with E-state index < -0.39 is 0 Å². The highest BCUT2D eigenvalue weighted by Crippen LogP contribution is 2.28. The molecule has 1 heterocycles. The molecule has 4 nitrogen and oxygen atoms in total. The van der Waals surface area contributed by atoms with Crippen LogP contribution in [0.25, 0.3) is 0 Å². The molecule has 0 saturated heterocycles. The Kier molecular flexibility index (Phi) is 4.18. The van der Waals surface area contributed by atoms with Gasteiger partial charge in [-0.15, -0.1) is 0 Å². The second-order valence-electron chi connectivity index (χ2n) is 4.91. The normalized spacial score (nSPS) is 23.4. The number of carbonyl (C=O) groups is 1. The summed E-state index contributed by atoms with van der Waals surface area (Å²) < 4.78 is 4.79. The van der Waals surface area contributed by atoms with Crippen molar-refractivity contribution in [3.63, 3.8) is 0 Å². The third kappa shape index (κ3) is 3.00. The van der Waals surface area contributed by atoms with E-state index in [2.05, 4.69) is 17.2 Å². The number of aryl methyl sites for hydroxylation is 1. The van der Waals surface area contributed by atoms with Gasteiger partial charge in [0.2, 0.25) is 0 Å². The molecule has 1 aliphatic rings. The minimum absolute atomic E-state index is 0.0615. The van der Waals surface area contributed by atoms with Crippen LogP contribution in [0.2, 0.25) is 0 Å². The van der Waals surface area contributed by atoms with E-state index >= 15 is 0 Å². The van der Waals surface area contributed by atoms with E-state index in [1.54, 1.807) is 6.20 Å². The number of rotatable bonds is 3. The van der Waals surface area contributed by atoms with Crippen molar-refractivity contribution in [3.8, 4) is 0 Å². The van der Waals surface area contributed by atoms with Gasteiger partial charge in [0.15, 0.2) is 0 Å². The molecule has 0 spiro atoms. The molecule has 0 bridgehead atoms. The van der Waals surface area contributed by atoms with Crippen LogP contribution in [0, 0.1) is 12.8 Å². The predicted octanol–water partition coefficient (Wildman–Crippen LogP) is 2.53. The monoisotopic (exact) mass is 248 g/mol. The zero-order valence-electron chi connectivity index (χ0n) is 11.0. The molecule has 1 N–H and O–H groups in total. The first-order valence-corrected chi connectivity index (χ1v) is 6.45. The summed E-state index contributed by atoms with van der Waals surface area (Å²) in [5.74, 6) is 0.0279. The second-order valence-corrected chi connectivity index (χ2v) is 4.91. The fourth-order valence-corrected chi connectivity index (χ4v) is 2.50. The summed E-state index contributed by atoms with van der Waals surface area (Å²) in [6.07, 6.45) is 7.52. The molecular formula is C14H20N2O2. The minimum atomic E-state index is -0.0615. The molecule has 4 heteroatoms. The number of anilines is 1. The van der Waals surface area contributed by atoms with Crippen LogP contribution in [0.3, 0.4) is 0 Å². The number of aromatic nitrogens is 1. The lowest BCUT2D eigenvalue weighted by Gasteiger charge is -2.28. The van der Waals surface area contributed by atoms with Crippen LogP contribution in [-0.2, 0) is 9.53 Å². The largest absolute Gasteiger partial charge is 0.469 e. The van der Waals surface area contributed by atoms with Gasteiger partial charge in [-0.2, -0.15) is 0 Å². The van der Waals surface area contributed by atoms with E-state index in [9.17, 15) is 4.79 Å². The summed E-state index contributed by atoms with van der Waals surface area (Å²) in [7, 11) is 1.47. The molecule has 0 aromatic carbocycles. The molecule has 2 rings (SSSR count). The lowest BCUT2D eigenvalue weighted by molar-refractivity contribution is -0.146. The summed E-state index contributed by atoms with van der Waals surface area (Å²) >= 11 is 0. The number of esters is 1. The van der Waals surface area contributed by atoms with Crippen molar-refractivity contribution in [2.45, 2.75) is 38.6 Å². The third-order valence-corrected chi connectivity index (χ3v) is 3.64. The van der Waals surface area contributed by atoms with Gasteiger partial charge in [-0.05, 0) is 44.2 Å². The highest BCUT2D eigenvalue weighted by molar-refractivity contribution is 5.72. The van der Waals surface area contributed by atoms with E-state index in [-0.39, 0.29) is 11.9 Å². The summed E-state index contributed by atoms with van der Waals surface area (Å²) in [4.78, 5) is 15.5. The summed E-state index contributed by atoms with van der Waals surface area (Å²) in [5.41, 5.74) is 2.30. The Morgan fingerprint density at radius 1 is 1.39 bits per heavy atom. The molecule has 98 valence electrons. The maximum atomic E-state index is 11.4. The number of hydrogen-bond donors (Lipinski definition) is 1. The molecule has 0 aliphatic heterocycles. The smallest absolute Gasteiger partial charge is 0.308 e. The van der Waals surface area contributed by atoms with Crippen molar-refractivity contribution < 1.29 is 9.53 Å². The number of pyridine rings is 1. The Morgan fingerprint density at radius 2 is 2.11 bits per heavy atom. The molecule has 1 fully saturated rings. The van der Waals surface area contributed by atoms with E-state index in [0.29, 0.717) is 6.04 Å². The summed E-state index contributed by atoms with van der Waals surface area (Å²) in [6.45, 7) is 2.05. The van der Waals surface area contributed by atoms with Crippen molar-refractivity contribution in [1.29, 1.82) is 0 Å². The Labute approximate surface area is 108 Å². The summed E-state index contributed by atoms with van der Waals surface area (Å²) in [5, 5.41) is 3.53. The number of nitrogens with one attached hydrogen (secondary N) is 1. The highest BCUT2D eigenvalue weighted by Gasteiger charge is 2.26. The van der Waals surface area contributed by atoms with Crippen molar-refractivity contribution >= 4 is 11.7 Å². The van der Waals surface area contributed by atoms with Crippen LogP contribution < -0.4 is 5.32 Å². The molecular weight excluding hydrogens is 228 g/mol. The molecule has 18 heavy (non-hydrogen) atoms. The Morgan fingerprint density at radius 3 is 2.72 bits per heavy atom. The third-order valence-electron chi connectivity index (χ3n) is 3.64. The van der Waals surface area contributed by atoms with E-state index in [1.165, 1.54) is 7.11 Å². The molecule has 1 aromatic rings. The van der Waals surface area contributed by atoms with Crippen LogP contribution in [0.1, 0.15) is 31.2 Å². The molecule has 0 radical (unpaired) electrons. The van der Waals surface area contributed by atoms with Crippen molar-refractivity contribution in [2.24, 2.45) is 5.92 Å². The SMILES string of the molecule is COC(=O)C1CCC(Nc2ccncc2C)CC1. The Balaban J connectivity index is 1.87. The molecule has 1 saturated carbocycles. The number of carbonyl (C=O) groups excluding carboxylic acids is 1. The van der Waals surface area contributed by atoms with Gasteiger partial charge in [-0.3, -0.25) is 9.78 Å². The Hall–Kier alpha value is -1.58. The fraction of sp³-hybridized carbons (Fsp3) is 0.571. The number of nitrogens with zero attached hydrogens (tertiary/aromatic N) is 1. The maximum Gasteiger partial charge on any atom is 0.308 e. The molecule has 0 atom stereocenters. The predicted molar refractivity (Wildman–Crippen MR) is 70.4 cm³/mol. The van der Waals surface area contributed by atoms with Gasteiger partial charge < -0.3 is 10.1 Å². The number of methoxy groups -OCH3 is 1. The molecule has 1 aromatic heterocycles. The van der Waals surface area contributed by atoms with E-state index in [4.69, 9.17) is 4.74 Å². The van der Waals surface area contributed by atoms with Gasteiger partial charge >= 0.3 is 5.97 Å². The van der Waals surface area contributed by atoms with E-state index in [1.807, 2.05) is 12.3 Å². The quantitative estimate of drug-likeness (QED) is 0.835. The van der Waals surface area contributed by atoms with Crippen LogP contribution in [0.15, 0.2) is 18.5 Å². The lowest BCUT2D eigenvalue weighted by atomic mass is 9.86. The number of hydrogen-bond acceptors (Lipinski definition) is 4. The van der Waals surface area contributed by atoms with Gasteiger partial charge in [0, 0.05) is 24.1 Å². The van der Waals surface area contributed by atoms with Crippen LogP contribution in [0.4, 0.5) is 5.69 Å². The molecule has 1 aliphatic carbocycles. The van der Waals surface area contributed by atoms with Crippen LogP contribution >= 0.6 is 0 Å². The molecule has 0 unspecified atom stereocenters. The zero-order valence-corrected chi connectivity index (χ0v) is 11.0. The van der Waals surface area contributed by atoms with Gasteiger partial charge in [0.1, 0.15) is 0 Å². The van der Waals surface area contributed by atoms with E-state index in [0.717, 1.165) is 36.9 Å². The standard InChI is InChI=1S/C14H20N2O2/c1-10-9-15-8-7-13(10)16-12-5-3-11(4-6-12)14(17)18-2/h7-9,11-12H,3-6H2,1-2H3,(H,15,16). The van der Waals surface area contributed by atoms with Gasteiger partial charge in [-0.25, -0.2) is 0 Å². The topological polar surface area (TPSA) is 51.2 Å². The average molecular weight is 248 g/mol.